The van der Waals surface area contributed by atoms with Crippen LogP contribution in [0, 0.1) is 5.82 Å². The Kier molecular flexibility index (Phi) is 5.55. The molecule has 13 heteroatoms. The summed E-state index contributed by atoms with van der Waals surface area (Å²) in [5.74, 6) is -2.28. The van der Waals surface area contributed by atoms with Crippen LogP contribution < -0.4 is 15.8 Å². The Labute approximate surface area is 182 Å². The van der Waals surface area contributed by atoms with Crippen molar-refractivity contribution in [2.45, 2.75) is 12.5 Å². The molecule has 0 unspecified atom stereocenters. The fourth-order valence-corrected chi connectivity index (χ4v) is 3.07. The summed E-state index contributed by atoms with van der Waals surface area (Å²) < 4.78 is 56.9. The molecule has 2 aromatic carbocycles. The Morgan fingerprint density at radius 1 is 1.18 bits per heavy atom. The summed E-state index contributed by atoms with van der Waals surface area (Å²) >= 11 is 0. The van der Waals surface area contributed by atoms with E-state index in [1.165, 1.54) is 41.5 Å². The Hall–Kier alpha value is -4.26. The first-order valence-electron chi connectivity index (χ1n) is 9.21. The van der Waals surface area contributed by atoms with E-state index in [0.717, 1.165) is 18.2 Å². The fraction of sp³-hybridized carbons (Fsp3) is 0.100. The Morgan fingerprint density at radius 2 is 1.97 bits per heavy atom. The first kappa shape index (κ1) is 22.0. The minimum absolute atomic E-state index is 0.00190. The number of amides is 1. The number of anilines is 2. The van der Waals surface area contributed by atoms with Gasteiger partial charge in [0.1, 0.15) is 28.8 Å². The highest BCUT2D eigenvalue weighted by Crippen LogP contribution is 2.27. The summed E-state index contributed by atoms with van der Waals surface area (Å²) in [6.45, 7) is 0. The number of rotatable bonds is 5. The van der Waals surface area contributed by atoms with Crippen molar-refractivity contribution in [3.63, 3.8) is 0 Å². The van der Waals surface area contributed by atoms with Crippen molar-refractivity contribution in [1.29, 1.82) is 0 Å². The van der Waals surface area contributed by atoms with Crippen LogP contribution in [0.3, 0.4) is 0 Å². The topological polar surface area (TPSA) is 128 Å². The van der Waals surface area contributed by atoms with E-state index in [9.17, 15) is 27.5 Å². The van der Waals surface area contributed by atoms with E-state index in [1.54, 1.807) is 0 Å². The van der Waals surface area contributed by atoms with Gasteiger partial charge in [0.15, 0.2) is 17.7 Å². The predicted octanol–water partition coefficient (Wildman–Crippen LogP) is 3.11. The van der Waals surface area contributed by atoms with Crippen molar-refractivity contribution >= 4 is 28.4 Å². The van der Waals surface area contributed by atoms with Gasteiger partial charge >= 0.3 is 6.36 Å². The van der Waals surface area contributed by atoms with Crippen molar-refractivity contribution in [1.82, 2.24) is 19.7 Å². The maximum absolute atomic E-state index is 14.8. The van der Waals surface area contributed by atoms with E-state index in [2.05, 4.69) is 25.1 Å². The minimum atomic E-state index is -4.93. The molecule has 0 fully saturated rings. The normalized spacial score (nSPS) is 12.5. The van der Waals surface area contributed by atoms with Gasteiger partial charge in [0, 0.05) is 5.69 Å². The number of carbonyl (C=O) groups excluding carboxylic acids is 1. The average Bonchev–Trinajstić information content (AvgIpc) is 3.17. The number of benzene rings is 2. The number of hydrogen-bond donors (Lipinski definition) is 3. The predicted molar refractivity (Wildman–Crippen MR) is 108 cm³/mol. The lowest BCUT2D eigenvalue weighted by Gasteiger charge is -2.14. The van der Waals surface area contributed by atoms with Crippen molar-refractivity contribution in [2.75, 3.05) is 11.1 Å². The highest BCUT2D eigenvalue weighted by Gasteiger charge is 2.31. The van der Waals surface area contributed by atoms with Crippen molar-refractivity contribution in [2.24, 2.45) is 0 Å². The summed E-state index contributed by atoms with van der Waals surface area (Å²) in [6.07, 6.45) is -4.14. The van der Waals surface area contributed by atoms with Crippen LogP contribution in [0.4, 0.5) is 29.1 Å². The zero-order valence-electron chi connectivity index (χ0n) is 16.4. The van der Waals surface area contributed by atoms with Crippen LogP contribution in [0.15, 0.2) is 55.0 Å². The molecular weight excluding hydrogens is 448 g/mol. The van der Waals surface area contributed by atoms with E-state index >= 15 is 0 Å². The molecule has 0 aliphatic carbocycles. The molecule has 4 rings (SSSR count). The molecule has 0 bridgehead atoms. The standard InChI is InChI=1S/C20H14F4N6O3/c21-13-7-11(4-5-15(13)30-16-14(8-28-30)26-9-27-18(16)25)29-19(32)17(31)10-2-1-3-12(6-10)33-20(22,23)24/h1-9,17,31H,(H,29,32)(H2,25,26,27)/t17-/m1/s1. The Morgan fingerprint density at radius 3 is 2.70 bits per heavy atom. The van der Waals surface area contributed by atoms with E-state index in [4.69, 9.17) is 5.73 Å². The average molecular weight is 462 g/mol. The summed E-state index contributed by atoms with van der Waals surface area (Å²) in [5.41, 5.74) is 6.37. The van der Waals surface area contributed by atoms with E-state index in [-0.39, 0.29) is 22.8 Å². The van der Waals surface area contributed by atoms with Crippen molar-refractivity contribution in [3.8, 4) is 11.4 Å². The number of fused-ring (bicyclic) bond motifs is 1. The molecule has 0 saturated carbocycles. The number of aliphatic hydroxyl groups excluding tert-OH is 1. The molecule has 2 heterocycles. The smallest absolute Gasteiger partial charge is 0.406 e. The molecule has 4 aromatic rings. The number of carbonyl (C=O) groups is 1. The first-order chi connectivity index (χ1) is 15.6. The Bertz CT molecular complexity index is 1340. The molecule has 4 N–H and O–H groups in total. The van der Waals surface area contributed by atoms with Gasteiger partial charge in [-0.2, -0.15) is 5.10 Å². The molecule has 0 aliphatic rings. The summed E-state index contributed by atoms with van der Waals surface area (Å²) in [7, 11) is 0. The third-order valence-corrected chi connectivity index (χ3v) is 4.49. The van der Waals surface area contributed by atoms with Crippen LogP contribution in [0.5, 0.6) is 5.75 Å². The zero-order chi connectivity index (χ0) is 23.8. The number of nitrogen functional groups attached to an aromatic ring is 1. The van der Waals surface area contributed by atoms with Crippen LogP contribution in [0.25, 0.3) is 16.7 Å². The van der Waals surface area contributed by atoms with Gasteiger partial charge in [0.25, 0.3) is 5.91 Å². The monoisotopic (exact) mass is 462 g/mol. The molecule has 0 radical (unpaired) electrons. The van der Waals surface area contributed by atoms with E-state index < -0.39 is 29.9 Å². The van der Waals surface area contributed by atoms with Gasteiger partial charge in [-0.1, -0.05) is 12.1 Å². The SMILES string of the molecule is Nc1ncnc2cnn(-c3ccc(NC(=O)[C@H](O)c4cccc(OC(F)(F)F)c4)cc3F)c12. The molecule has 170 valence electrons. The fourth-order valence-electron chi connectivity index (χ4n) is 3.07. The zero-order valence-corrected chi connectivity index (χ0v) is 16.4. The maximum atomic E-state index is 14.8. The number of hydrogen-bond acceptors (Lipinski definition) is 7. The second-order valence-electron chi connectivity index (χ2n) is 6.73. The number of halogens is 4. The molecule has 33 heavy (non-hydrogen) atoms. The maximum Gasteiger partial charge on any atom is 0.573 e. The first-order valence-corrected chi connectivity index (χ1v) is 9.21. The molecule has 1 atom stereocenters. The van der Waals surface area contributed by atoms with Gasteiger partial charge in [0.05, 0.1) is 6.20 Å². The lowest BCUT2D eigenvalue weighted by atomic mass is 10.1. The lowest BCUT2D eigenvalue weighted by molar-refractivity contribution is -0.274. The number of nitrogens with two attached hydrogens (primary N) is 1. The van der Waals surface area contributed by atoms with Gasteiger partial charge < -0.3 is 20.9 Å². The van der Waals surface area contributed by atoms with E-state index in [1.807, 2.05) is 0 Å². The molecule has 1 amide bonds. The quantitative estimate of drug-likeness (QED) is 0.389. The third-order valence-electron chi connectivity index (χ3n) is 4.49. The van der Waals surface area contributed by atoms with Gasteiger partial charge in [-0.25, -0.2) is 19.0 Å². The largest absolute Gasteiger partial charge is 0.573 e. The number of nitrogens with one attached hydrogen (secondary N) is 1. The molecule has 0 saturated heterocycles. The van der Waals surface area contributed by atoms with Crippen LogP contribution in [-0.4, -0.2) is 37.1 Å². The summed E-state index contributed by atoms with van der Waals surface area (Å²) in [6, 6.07) is 7.96. The summed E-state index contributed by atoms with van der Waals surface area (Å²) in [4.78, 5) is 20.2. The minimum Gasteiger partial charge on any atom is -0.406 e. The molecule has 0 aliphatic heterocycles. The number of alkyl halides is 3. The van der Waals surface area contributed by atoms with Crippen LogP contribution in [0.1, 0.15) is 11.7 Å². The molecule has 2 aromatic heterocycles. The number of aromatic nitrogens is 4. The molecule has 0 spiro atoms. The van der Waals surface area contributed by atoms with E-state index in [0.29, 0.717) is 11.0 Å². The second kappa shape index (κ2) is 8.35. The van der Waals surface area contributed by atoms with Gasteiger partial charge in [-0.05, 0) is 35.9 Å². The lowest BCUT2D eigenvalue weighted by Crippen LogP contribution is -2.21. The number of nitrogens with zero attached hydrogens (tertiary/aromatic N) is 4. The molecular formula is C20H14F4N6O3. The van der Waals surface area contributed by atoms with Crippen LogP contribution in [-0.2, 0) is 4.79 Å². The highest BCUT2D eigenvalue weighted by molar-refractivity contribution is 5.95. The van der Waals surface area contributed by atoms with Crippen molar-refractivity contribution in [3.05, 3.63) is 66.4 Å². The second-order valence-corrected chi connectivity index (χ2v) is 6.73. The molecule has 9 nitrogen and oxygen atoms in total. The van der Waals surface area contributed by atoms with Crippen LogP contribution in [0.2, 0.25) is 0 Å². The van der Waals surface area contributed by atoms with Crippen LogP contribution >= 0.6 is 0 Å². The van der Waals surface area contributed by atoms with Crippen molar-refractivity contribution < 1.29 is 32.2 Å². The van der Waals surface area contributed by atoms with Gasteiger partial charge in [-0.15, -0.1) is 13.2 Å². The third kappa shape index (κ3) is 4.67. The number of ether oxygens (including phenoxy) is 1. The highest BCUT2D eigenvalue weighted by atomic mass is 19.4. The van der Waals surface area contributed by atoms with Gasteiger partial charge in [0.2, 0.25) is 0 Å². The van der Waals surface area contributed by atoms with Gasteiger partial charge in [-0.3, -0.25) is 4.79 Å². The Balaban J connectivity index is 1.53. The summed E-state index contributed by atoms with van der Waals surface area (Å²) in [5, 5.41) is 16.6. The number of aliphatic hydroxyl groups is 1.